The molecule has 2 aromatic carbocycles. The smallest absolute Gasteiger partial charge is 0.228 e. The maximum absolute atomic E-state index is 6.31. The zero-order chi connectivity index (χ0) is 20.8. The number of anilines is 1. The van der Waals surface area contributed by atoms with Crippen LogP contribution in [0.1, 0.15) is 42.3 Å². The van der Waals surface area contributed by atoms with Gasteiger partial charge < -0.3 is 9.64 Å². The minimum Gasteiger partial charge on any atom is -0.438 e. The monoisotopic (exact) mass is 419 g/mol. The van der Waals surface area contributed by atoms with Gasteiger partial charge in [0.2, 0.25) is 5.88 Å². The Morgan fingerprint density at radius 3 is 2.60 bits per heavy atom. The second-order valence-electron chi connectivity index (χ2n) is 7.37. The fraction of sp³-hybridized carbons (Fsp3) is 0.261. The first-order chi connectivity index (χ1) is 14.6. The maximum atomic E-state index is 6.31. The van der Waals surface area contributed by atoms with Gasteiger partial charge in [-0.15, -0.1) is 0 Å². The van der Waals surface area contributed by atoms with Crippen LogP contribution in [0.2, 0.25) is 5.02 Å². The molecular formula is C23H22ClN5O. The molecule has 30 heavy (non-hydrogen) atoms. The van der Waals surface area contributed by atoms with Crippen LogP contribution in [0.4, 0.5) is 5.69 Å². The lowest BCUT2D eigenvalue weighted by atomic mass is 9.84. The third kappa shape index (κ3) is 2.99. The van der Waals surface area contributed by atoms with Gasteiger partial charge in [-0.3, -0.25) is 0 Å². The second kappa shape index (κ2) is 7.29. The first-order valence-corrected chi connectivity index (χ1v) is 10.5. The molecule has 1 unspecified atom stereocenters. The third-order valence-corrected chi connectivity index (χ3v) is 5.88. The summed E-state index contributed by atoms with van der Waals surface area (Å²) in [6.07, 6.45) is 1.66. The number of fused-ring (bicyclic) bond motifs is 4. The van der Waals surface area contributed by atoms with Crippen molar-refractivity contribution < 1.29 is 4.74 Å². The van der Waals surface area contributed by atoms with Gasteiger partial charge in [-0.1, -0.05) is 29.8 Å². The van der Waals surface area contributed by atoms with E-state index in [0.29, 0.717) is 16.7 Å². The summed E-state index contributed by atoms with van der Waals surface area (Å²) in [7, 11) is 0. The van der Waals surface area contributed by atoms with Crippen LogP contribution in [-0.4, -0.2) is 32.7 Å². The van der Waals surface area contributed by atoms with E-state index in [1.165, 1.54) is 0 Å². The van der Waals surface area contributed by atoms with Crippen LogP contribution in [0.3, 0.4) is 0 Å². The predicted molar refractivity (Wildman–Crippen MR) is 118 cm³/mol. The fourth-order valence-electron chi connectivity index (χ4n) is 4.20. The molecule has 6 nitrogen and oxygen atoms in total. The summed E-state index contributed by atoms with van der Waals surface area (Å²) in [4.78, 5) is 11.5. The van der Waals surface area contributed by atoms with Crippen LogP contribution in [0.5, 0.6) is 11.6 Å². The number of rotatable bonds is 4. The Morgan fingerprint density at radius 1 is 1.10 bits per heavy atom. The second-order valence-corrected chi connectivity index (χ2v) is 7.81. The lowest BCUT2D eigenvalue weighted by Crippen LogP contribution is -2.22. The van der Waals surface area contributed by atoms with Gasteiger partial charge in [0.1, 0.15) is 17.9 Å². The molecule has 7 heteroatoms. The molecule has 0 spiro atoms. The number of hydrogen-bond donors (Lipinski definition) is 0. The number of ether oxygens (including phenoxy) is 1. The van der Waals surface area contributed by atoms with E-state index >= 15 is 0 Å². The molecule has 0 fully saturated rings. The molecule has 0 aliphatic carbocycles. The lowest BCUT2D eigenvalue weighted by molar-refractivity contribution is 0.432. The van der Waals surface area contributed by atoms with E-state index in [0.717, 1.165) is 46.9 Å². The third-order valence-electron chi connectivity index (χ3n) is 5.63. The van der Waals surface area contributed by atoms with Crippen molar-refractivity contribution in [3.05, 3.63) is 76.3 Å². The lowest BCUT2D eigenvalue weighted by Gasteiger charge is -2.29. The van der Waals surface area contributed by atoms with Gasteiger partial charge in [0.15, 0.2) is 5.65 Å². The Balaban J connectivity index is 1.75. The summed E-state index contributed by atoms with van der Waals surface area (Å²) in [6.45, 7) is 8.06. The van der Waals surface area contributed by atoms with E-state index in [-0.39, 0.29) is 5.92 Å². The number of hydrogen-bond acceptors (Lipinski definition) is 5. The van der Waals surface area contributed by atoms with Gasteiger partial charge in [0.05, 0.1) is 5.56 Å². The minimum atomic E-state index is -0.0773. The van der Waals surface area contributed by atoms with Crippen molar-refractivity contribution in [2.75, 3.05) is 18.0 Å². The number of benzene rings is 2. The van der Waals surface area contributed by atoms with Crippen molar-refractivity contribution >= 4 is 22.9 Å². The molecule has 0 amide bonds. The van der Waals surface area contributed by atoms with Crippen LogP contribution < -0.4 is 9.64 Å². The van der Waals surface area contributed by atoms with Crippen LogP contribution in [0.15, 0.2) is 48.8 Å². The van der Waals surface area contributed by atoms with E-state index in [4.69, 9.17) is 16.3 Å². The number of aromatic nitrogens is 4. The Bertz CT molecular complexity index is 1230. The van der Waals surface area contributed by atoms with Gasteiger partial charge in [-0.2, -0.15) is 5.10 Å². The molecule has 152 valence electrons. The van der Waals surface area contributed by atoms with Crippen molar-refractivity contribution in [3.63, 3.8) is 0 Å². The molecule has 1 atom stereocenters. The molecule has 4 aromatic rings. The molecule has 1 aliphatic heterocycles. The van der Waals surface area contributed by atoms with E-state index in [2.05, 4.69) is 64.1 Å². The van der Waals surface area contributed by atoms with Gasteiger partial charge in [0, 0.05) is 41.3 Å². The first kappa shape index (κ1) is 18.9. The average molecular weight is 420 g/mol. The summed E-state index contributed by atoms with van der Waals surface area (Å²) in [6, 6.07) is 14.4. The first-order valence-electron chi connectivity index (χ1n) is 10.1. The highest BCUT2D eigenvalue weighted by molar-refractivity contribution is 6.30. The molecule has 1 aliphatic rings. The van der Waals surface area contributed by atoms with Gasteiger partial charge in [0.25, 0.3) is 0 Å². The Hall–Kier alpha value is -3.12. The van der Waals surface area contributed by atoms with Crippen LogP contribution >= 0.6 is 11.6 Å². The summed E-state index contributed by atoms with van der Waals surface area (Å²) in [5.41, 5.74) is 5.00. The zero-order valence-electron chi connectivity index (χ0n) is 17.1. The SMILES string of the molecule is CCN(CC)c1ccc2c(c1)Oc1ncn3nc(C)nc3c1C2c1ccc(Cl)cc1. The zero-order valence-corrected chi connectivity index (χ0v) is 17.9. The molecule has 5 rings (SSSR count). The van der Waals surface area contributed by atoms with Gasteiger partial charge in [-0.05, 0) is 44.5 Å². The normalized spacial score (nSPS) is 14.9. The largest absolute Gasteiger partial charge is 0.438 e. The number of nitrogens with zero attached hydrogens (tertiary/aromatic N) is 5. The summed E-state index contributed by atoms with van der Waals surface area (Å²) < 4.78 is 8.02. The summed E-state index contributed by atoms with van der Waals surface area (Å²) >= 11 is 6.17. The van der Waals surface area contributed by atoms with Crippen LogP contribution in [0.25, 0.3) is 5.65 Å². The molecule has 0 N–H and O–H groups in total. The highest BCUT2D eigenvalue weighted by Gasteiger charge is 2.33. The average Bonchev–Trinajstić information content (AvgIpc) is 3.14. The maximum Gasteiger partial charge on any atom is 0.228 e. The Kier molecular flexibility index (Phi) is 4.59. The Labute approximate surface area is 180 Å². The molecule has 0 radical (unpaired) electrons. The van der Waals surface area contributed by atoms with Gasteiger partial charge in [-0.25, -0.2) is 14.5 Å². The number of aryl methyl sites for hydroxylation is 1. The molecule has 0 saturated carbocycles. The summed E-state index contributed by atoms with van der Waals surface area (Å²) in [5, 5.41) is 5.14. The quantitative estimate of drug-likeness (QED) is 0.400. The van der Waals surface area contributed by atoms with E-state index in [9.17, 15) is 0 Å². The van der Waals surface area contributed by atoms with Crippen molar-refractivity contribution in [2.45, 2.75) is 26.7 Å². The van der Waals surface area contributed by atoms with Crippen LogP contribution in [0, 0.1) is 6.92 Å². The van der Waals surface area contributed by atoms with E-state index in [1.807, 2.05) is 19.1 Å². The van der Waals surface area contributed by atoms with Crippen molar-refractivity contribution in [3.8, 4) is 11.6 Å². The van der Waals surface area contributed by atoms with Crippen LogP contribution in [-0.2, 0) is 0 Å². The van der Waals surface area contributed by atoms with Gasteiger partial charge >= 0.3 is 0 Å². The summed E-state index contributed by atoms with van der Waals surface area (Å²) in [5.74, 6) is 2.01. The standard InChI is InChI=1S/C23H22ClN5O/c1-4-28(5-2)17-10-11-18-19(12-17)30-23-21(20(18)15-6-8-16(24)9-7-15)22-26-14(3)27-29(22)13-25-23/h6-13,20H,4-5H2,1-3H3. The number of halogens is 1. The highest BCUT2D eigenvalue weighted by atomic mass is 35.5. The van der Waals surface area contributed by atoms with Crippen molar-refractivity contribution in [2.24, 2.45) is 0 Å². The predicted octanol–water partition coefficient (Wildman–Crippen LogP) is 5.22. The minimum absolute atomic E-state index is 0.0773. The van der Waals surface area contributed by atoms with E-state index in [1.54, 1.807) is 10.8 Å². The van der Waals surface area contributed by atoms with Crippen molar-refractivity contribution in [1.29, 1.82) is 0 Å². The Morgan fingerprint density at radius 2 is 1.87 bits per heavy atom. The molecule has 0 saturated heterocycles. The fourth-order valence-corrected chi connectivity index (χ4v) is 4.32. The molecule has 0 bridgehead atoms. The topological polar surface area (TPSA) is 55.5 Å². The van der Waals surface area contributed by atoms with E-state index < -0.39 is 0 Å². The highest BCUT2D eigenvalue weighted by Crippen LogP contribution is 2.48. The molecule has 3 heterocycles. The molecule has 2 aromatic heterocycles. The van der Waals surface area contributed by atoms with Crippen molar-refractivity contribution in [1.82, 2.24) is 19.6 Å². The molecular weight excluding hydrogens is 398 g/mol.